The Balaban J connectivity index is 1.48. The molecule has 0 radical (unpaired) electrons. The first-order valence-electron chi connectivity index (χ1n) is 8.92. The predicted octanol–water partition coefficient (Wildman–Crippen LogP) is 3.83. The number of anilines is 1. The Morgan fingerprint density at radius 2 is 2.00 bits per heavy atom. The van der Waals surface area contributed by atoms with E-state index in [9.17, 15) is 4.79 Å². The number of methoxy groups -OCH3 is 2. The molecule has 1 saturated heterocycles. The second-order valence-corrected chi connectivity index (χ2v) is 6.99. The van der Waals surface area contributed by atoms with E-state index in [0.717, 1.165) is 11.9 Å². The maximum Gasteiger partial charge on any atom is 0.295 e. The summed E-state index contributed by atoms with van der Waals surface area (Å²) in [5.41, 5.74) is 1.79. The molecule has 0 bridgehead atoms. The number of benzene rings is 2. The van der Waals surface area contributed by atoms with Gasteiger partial charge in [-0.2, -0.15) is 4.98 Å². The predicted molar refractivity (Wildman–Crippen MR) is 106 cm³/mol. The van der Waals surface area contributed by atoms with Crippen LogP contribution in [0, 0.1) is 0 Å². The first kappa shape index (κ1) is 18.4. The molecule has 1 amide bonds. The molecule has 0 unspecified atom stereocenters. The number of carbonyl (C=O) groups excluding carboxylic acids is 1. The quantitative estimate of drug-likeness (QED) is 0.700. The fraction of sp³-hybridized carbons (Fsp3) is 0.300. The average molecular weight is 402 g/mol. The average Bonchev–Trinajstić information content (AvgIpc) is 3.33. The molecule has 1 N–H and O–H groups in total. The maximum atomic E-state index is 13.1. The minimum Gasteiger partial charge on any atom is -0.496 e. The lowest BCUT2D eigenvalue weighted by molar-refractivity contribution is 0.0784. The summed E-state index contributed by atoms with van der Waals surface area (Å²) < 4.78 is 16.4. The molecular weight excluding hydrogens is 382 g/mol. The van der Waals surface area contributed by atoms with Crippen LogP contribution in [0.15, 0.2) is 40.8 Å². The van der Waals surface area contributed by atoms with Crippen molar-refractivity contribution < 1.29 is 18.7 Å². The lowest BCUT2D eigenvalue weighted by atomic mass is 10.1. The summed E-state index contributed by atoms with van der Waals surface area (Å²) in [6, 6.07) is 11.1. The van der Waals surface area contributed by atoms with Crippen molar-refractivity contribution in [3.63, 3.8) is 0 Å². The number of halogens is 1. The van der Waals surface area contributed by atoms with Gasteiger partial charge in [-0.1, -0.05) is 17.7 Å². The van der Waals surface area contributed by atoms with E-state index in [4.69, 9.17) is 25.5 Å². The Hall–Kier alpha value is -2.93. The van der Waals surface area contributed by atoms with Crippen molar-refractivity contribution >= 4 is 34.6 Å². The Labute approximate surface area is 167 Å². The van der Waals surface area contributed by atoms with Crippen LogP contribution in [-0.2, 0) is 0 Å². The molecule has 0 spiro atoms. The van der Waals surface area contributed by atoms with Crippen LogP contribution in [0.3, 0.4) is 0 Å². The highest BCUT2D eigenvalue weighted by Crippen LogP contribution is 2.31. The third-order valence-corrected chi connectivity index (χ3v) is 5.03. The number of amides is 1. The molecule has 2 heterocycles. The SMILES string of the molecule is COc1cccc(OC)c1C(=O)N1CC[C@@H](Nc2nc3ccc(Cl)cc3o2)C1. The van der Waals surface area contributed by atoms with Crippen LogP contribution in [0.2, 0.25) is 5.02 Å². The van der Waals surface area contributed by atoms with Gasteiger partial charge in [0.1, 0.15) is 22.6 Å². The van der Waals surface area contributed by atoms with Crippen LogP contribution in [0.25, 0.3) is 11.1 Å². The Morgan fingerprint density at radius 3 is 2.71 bits per heavy atom. The van der Waals surface area contributed by atoms with Crippen molar-refractivity contribution in [3.8, 4) is 11.5 Å². The number of fused-ring (bicyclic) bond motifs is 1. The molecule has 146 valence electrons. The third-order valence-electron chi connectivity index (χ3n) is 4.80. The first-order chi connectivity index (χ1) is 13.6. The van der Waals surface area contributed by atoms with Gasteiger partial charge in [0.25, 0.3) is 11.9 Å². The third kappa shape index (κ3) is 3.45. The number of hydrogen-bond donors (Lipinski definition) is 1. The van der Waals surface area contributed by atoms with Gasteiger partial charge in [-0.25, -0.2) is 0 Å². The van der Waals surface area contributed by atoms with Gasteiger partial charge in [0.2, 0.25) is 0 Å². The number of nitrogens with zero attached hydrogens (tertiary/aromatic N) is 2. The summed E-state index contributed by atoms with van der Waals surface area (Å²) in [7, 11) is 3.08. The van der Waals surface area contributed by atoms with E-state index in [1.165, 1.54) is 0 Å². The van der Waals surface area contributed by atoms with Crippen LogP contribution in [-0.4, -0.2) is 49.1 Å². The second kappa shape index (κ2) is 7.59. The van der Waals surface area contributed by atoms with Crippen LogP contribution in [0.1, 0.15) is 16.8 Å². The van der Waals surface area contributed by atoms with Gasteiger partial charge < -0.3 is 24.1 Å². The highest BCUT2D eigenvalue weighted by Gasteiger charge is 2.31. The summed E-state index contributed by atoms with van der Waals surface area (Å²) in [6.45, 7) is 1.14. The first-order valence-corrected chi connectivity index (χ1v) is 9.29. The van der Waals surface area contributed by atoms with Crippen LogP contribution in [0.4, 0.5) is 6.01 Å². The van der Waals surface area contributed by atoms with Crippen molar-refractivity contribution in [1.82, 2.24) is 9.88 Å². The van der Waals surface area contributed by atoms with Gasteiger partial charge in [-0.3, -0.25) is 4.79 Å². The molecule has 0 aliphatic carbocycles. The normalized spacial score (nSPS) is 16.4. The standard InChI is InChI=1S/C20H20ClN3O4/c1-26-15-4-3-5-16(27-2)18(15)19(25)24-9-8-13(11-24)22-20-23-14-7-6-12(21)10-17(14)28-20/h3-7,10,13H,8-9,11H2,1-2H3,(H,22,23)/t13-/m1/s1. The second-order valence-electron chi connectivity index (χ2n) is 6.55. The molecule has 7 nitrogen and oxygen atoms in total. The smallest absolute Gasteiger partial charge is 0.295 e. The molecule has 0 saturated carbocycles. The number of hydrogen-bond acceptors (Lipinski definition) is 6. The van der Waals surface area contributed by atoms with E-state index in [0.29, 0.717) is 46.8 Å². The van der Waals surface area contributed by atoms with E-state index in [1.807, 2.05) is 6.07 Å². The van der Waals surface area contributed by atoms with E-state index in [1.54, 1.807) is 49.5 Å². The molecule has 1 aliphatic rings. The van der Waals surface area contributed by atoms with E-state index < -0.39 is 0 Å². The van der Waals surface area contributed by atoms with Gasteiger partial charge in [0, 0.05) is 30.2 Å². The highest BCUT2D eigenvalue weighted by molar-refractivity contribution is 6.31. The minimum absolute atomic E-state index is 0.0354. The largest absolute Gasteiger partial charge is 0.496 e. The molecule has 28 heavy (non-hydrogen) atoms. The van der Waals surface area contributed by atoms with Crippen molar-refractivity contribution in [2.75, 3.05) is 32.6 Å². The minimum atomic E-state index is -0.122. The molecule has 2 aromatic carbocycles. The van der Waals surface area contributed by atoms with Crippen molar-refractivity contribution in [2.45, 2.75) is 12.5 Å². The summed E-state index contributed by atoms with van der Waals surface area (Å²) in [4.78, 5) is 19.3. The number of carbonyl (C=O) groups is 1. The molecule has 1 fully saturated rings. The van der Waals surface area contributed by atoms with Crippen molar-refractivity contribution in [1.29, 1.82) is 0 Å². The fourth-order valence-electron chi connectivity index (χ4n) is 3.42. The van der Waals surface area contributed by atoms with Crippen molar-refractivity contribution in [2.24, 2.45) is 0 Å². The molecule has 1 aliphatic heterocycles. The molecule has 8 heteroatoms. The zero-order chi connectivity index (χ0) is 19.7. The van der Waals surface area contributed by atoms with E-state index in [2.05, 4.69) is 10.3 Å². The number of oxazole rings is 1. The number of rotatable bonds is 5. The topological polar surface area (TPSA) is 76.8 Å². The zero-order valence-electron chi connectivity index (χ0n) is 15.6. The highest BCUT2D eigenvalue weighted by atomic mass is 35.5. The van der Waals surface area contributed by atoms with Crippen molar-refractivity contribution in [3.05, 3.63) is 47.0 Å². The zero-order valence-corrected chi connectivity index (χ0v) is 16.3. The van der Waals surface area contributed by atoms with Crippen LogP contribution >= 0.6 is 11.6 Å². The summed E-state index contributed by atoms with van der Waals surface area (Å²) in [5, 5.41) is 3.86. The lowest BCUT2D eigenvalue weighted by Gasteiger charge is -2.20. The monoisotopic (exact) mass is 401 g/mol. The van der Waals surface area contributed by atoms with Crippen LogP contribution < -0.4 is 14.8 Å². The molecule has 1 atom stereocenters. The van der Waals surface area contributed by atoms with E-state index >= 15 is 0 Å². The van der Waals surface area contributed by atoms with Gasteiger partial charge in [-0.15, -0.1) is 0 Å². The fourth-order valence-corrected chi connectivity index (χ4v) is 3.58. The molecule has 4 rings (SSSR count). The molecule has 1 aromatic heterocycles. The number of aromatic nitrogens is 1. The van der Waals surface area contributed by atoms with Gasteiger partial charge in [0.05, 0.1) is 14.2 Å². The Morgan fingerprint density at radius 1 is 1.25 bits per heavy atom. The summed E-state index contributed by atoms with van der Waals surface area (Å²) >= 11 is 5.99. The number of ether oxygens (including phenoxy) is 2. The van der Waals surface area contributed by atoms with E-state index in [-0.39, 0.29) is 11.9 Å². The van der Waals surface area contributed by atoms with Gasteiger partial charge in [-0.05, 0) is 30.7 Å². The van der Waals surface area contributed by atoms with Crippen LogP contribution in [0.5, 0.6) is 11.5 Å². The Kier molecular flexibility index (Phi) is 5.00. The Bertz CT molecular complexity index is 998. The summed E-state index contributed by atoms with van der Waals surface area (Å²) in [6.07, 6.45) is 0.780. The number of nitrogens with one attached hydrogen (secondary N) is 1. The molecular formula is C20H20ClN3O4. The van der Waals surface area contributed by atoms with Gasteiger partial charge in [0.15, 0.2) is 5.58 Å². The lowest BCUT2D eigenvalue weighted by Crippen LogP contribution is -2.32. The van der Waals surface area contributed by atoms with Gasteiger partial charge >= 0.3 is 0 Å². The number of likely N-dealkylation sites (tertiary alicyclic amines) is 1. The molecule has 3 aromatic rings. The summed E-state index contributed by atoms with van der Waals surface area (Å²) in [5.74, 6) is 0.871. The maximum absolute atomic E-state index is 13.1.